The maximum atomic E-state index is 11.9. The minimum atomic E-state index is -0.451. The highest BCUT2D eigenvalue weighted by Gasteiger charge is 2.28. The van der Waals surface area contributed by atoms with Gasteiger partial charge in [0, 0.05) is 26.8 Å². The third-order valence-electron chi connectivity index (χ3n) is 2.73. The van der Waals surface area contributed by atoms with E-state index in [1.807, 2.05) is 25.8 Å². The van der Waals surface area contributed by atoms with Crippen LogP contribution in [-0.2, 0) is 9.53 Å². The van der Waals surface area contributed by atoms with Crippen molar-refractivity contribution in [3.05, 3.63) is 0 Å². The van der Waals surface area contributed by atoms with Crippen molar-refractivity contribution in [2.75, 3.05) is 26.8 Å². The number of ether oxygens (including phenoxy) is 1. The second-order valence-electron chi connectivity index (χ2n) is 4.71. The first kappa shape index (κ1) is 13.0. The summed E-state index contributed by atoms with van der Waals surface area (Å²) < 4.78 is 4.84. The molecule has 0 aromatic rings. The van der Waals surface area contributed by atoms with Crippen molar-refractivity contribution in [2.24, 2.45) is 5.92 Å². The third-order valence-corrected chi connectivity index (χ3v) is 3.07. The van der Waals surface area contributed by atoms with Crippen LogP contribution in [0.5, 0.6) is 0 Å². The predicted molar refractivity (Wildman–Crippen MR) is 64.2 cm³/mol. The van der Waals surface area contributed by atoms with Gasteiger partial charge in [-0.15, -0.1) is 0 Å². The van der Waals surface area contributed by atoms with Crippen LogP contribution in [0, 0.1) is 5.92 Å². The molecule has 0 spiro atoms. The Labute approximate surface area is 100 Å². The molecule has 0 N–H and O–H groups in total. The van der Waals surface area contributed by atoms with Crippen molar-refractivity contribution in [3.63, 3.8) is 0 Å². The van der Waals surface area contributed by atoms with Gasteiger partial charge in [-0.25, -0.2) is 0 Å². The number of hydrogen-bond acceptors (Lipinski definition) is 2. The summed E-state index contributed by atoms with van der Waals surface area (Å²) in [6.07, 6.45) is 2.14. The van der Waals surface area contributed by atoms with Crippen molar-refractivity contribution < 1.29 is 9.53 Å². The maximum Gasteiger partial charge on any atom is 0.238 e. The smallest absolute Gasteiger partial charge is 0.238 e. The fourth-order valence-electron chi connectivity index (χ4n) is 1.85. The molecule has 1 saturated heterocycles. The van der Waals surface area contributed by atoms with Crippen molar-refractivity contribution in [3.8, 4) is 0 Å². The SMILES string of the molecule is CN(CC1CCOCC1)C(=O)C(C)(C)Br. The number of nitrogens with zero attached hydrogens (tertiary/aromatic N) is 1. The fourth-order valence-corrected chi connectivity index (χ4v) is 2.16. The molecule has 1 aliphatic heterocycles. The maximum absolute atomic E-state index is 11.9. The van der Waals surface area contributed by atoms with Crippen LogP contribution < -0.4 is 0 Å². The molecular weight excluding hydrogens is 258 g/mol. The average molecular weight is 278 g/mol. The molecule has 1 aliphatic rings. The molecule has 0 unspecified atom stereocenters. The van der Waals surface area contributed by atoms with E-state index < -0.39 is 4.32 Å². The van der Waals surface area contributed by atoms with Gasteiger partial charge < -0.3 is 9.64 Å². The summed E-state index contributed by atoms with van der Waals surface area (Å²) in [6, 6.07) is 0. The van der Waals surface area contributed by atoms with Crippen LogP contribution in [0.1, 0.15) is 26.7 Å². The first-order chi connectivity index (χ1) is 6.91. The second kappa shape index (κ2) is 5.30. The molecule has 3 nitrogen and oxygen atoms in total. The standard InChI is InChI=1S/C11H20BrNO2/c1-11(2,12)10(14)13(3)8-9-4-6-15-7-5-9/h9H,4-8H2,1-3H3. The lowest BCUT2D eigenvalue weighted by molar-refractivity contribution is -0.132. The average Bonchev–Trinajstić information content (AvgIpc) is 2.16. The molecule has 0 saturated carbocycles. The first-order valence-corrected chi connectivity index (χ1v) is 6.23. The van der Waals surface area contributed by atoms with Gasteiger partial charge in [-0.3, -0.25) is 4.79 Å². The molecule has 0 aromatic carbocycles. The summed E-state index contributed by atoms with van der Waals surface area (Å²) in [7, 11) is 1.88. The summed E-state index contributed by atoms with van der Waals surface area (Å²) in [5.74, 6) is 0.747. The van der Waals surface area contributed by atoms with E-state index in [4.69, 9.17) is 4.74 Å². The molecule has 0 bridgehead atoms. The number of carbonyl (C=O) groups is 1. The zero-order valence-electron chi connectivity index (χ0n) is 9.75. The van der Waals surface area contributed by atoms with Crippen LogP contribution in [0.2, 0.25) is 0 Å². The Hall–Kier alpha value is -0.0900. The van der Waals surface area contributed by atoms with Gasteiger partial charge in [0.15, 0.2) is 0 Å². The van der Waals surface area contributed by atoms with Gasteiger partial charge in [0.1, 0.15) is 0 Å². The van der Waals surface area contributed by atoms with E-state index in [1.165, 1.54) is 0 Å². The van der Waals surface area contributed by atoms with E-state index in [-0.39, 0.29) is 5.91 Å². The molecule has 0 aromatic heterocycles. The van der Waals surface area contributed by atoms with Gasteiger partial charge in [-0.1, -0.05) is 15.9 Å². The van der Waals surface area contributed by atoms with Gasteiger partial charge in [0.05, 0.1) is 4.32 Å². The highest BCUT2D eigenvalue weighted by molar-refractivity contribution is 9.10. The van der Waals surface area contributed by atoms with Gasteiger partial charge in [0.25, 0.3) is 0 Å². The summed E-state index contributed by atoms with van der Waals surface area (Å²) >= 11 is 3.39. The van der Waals surface area contributed by atoms with E-state index in [0.29, 0.717) is 5.92 Å². The lowest BCUT2D eigenvalue weighted by Gasteiger charge is -2.30. The number of halogens is 1. The van der Waals surface area contributed by atoms with Crippen LogP contribution in [0.4, 0.5) is 0 Å². The minimum Gasteiger partial charge on any atom is -0.381 e. The first-order valence-electron chi connectivity index (χ1n) is 5.43. The van der Waals surface area contributed by atoms with Gasteiger partial charge in [0.2, 0.25) is 5.91 Å². The van der Waals surface area contributed by atoms with Crippen molar-refractivity contribution in [1.82, 2.24) is 4.90 Å². The van der Waals surface area contributed by atoms with E-state index in [0.717, 1.165) is 32.6 Å². The molecule has 0 radical (unpaired) electrons. The predicted octanol–water partition coefficient (Wildman–Crippen LogP) is 2.04. The van der Waals surface area contributed by atoms with Crippen LogP contribution in [-0.4, -0.2) is 41.9 Å². The van der Waals surface area contributed by atoms with Crippen LogP contribution in [0.15, 0.2) is 0 Å². The zero-order valence-corrected chi connectivity index (χ0v) is 11.3. The van der Waals surface area contributed by atoms with Gasteiger partial charge in [-0.05, 0) is 32.6 Å². The Kier molecular flexibility index (Phi) is 4.59. The quantitative estimate of drug-likeness (QED) is 0.739. The number of carbonyl (C=O) groups excluding carboxylic acids is 1. The Morgan fingerprint density at radius 1 is 1.47 bits per heavy atom. The Balaban J connectivity index is 2.40. The fraction of sp³-hybridized carbons (Fsp3) is 0.909. The van der Waals surface area contributed by atoms with Gasteiger partial charge in [-0.2, -0.15) is 0 Å². The number of hydrogen-bond donors (Lipinski definition) is 0. The Bertz CT molecular complexity index is 219. The molecule has 1 heterocycles. The zero-order chi connectivity index (χ0) is 11.5. The lowest BCUT2D eigenvalue weighted by atomic mass is 9.99. The number of alkyl halides is 1. The van der Waals surface area contributed by atoms with Crippen LogP contribution in [0.3, 0.4) is 0 Å². The Morgan fingerprint density at radius 3 is 2.47 bits per heavy atom. The number of rotatable bonds is 3. The van der Waals surface area contributed by atoms with Crippen LogP contribution in [0.25, 0.3) is 0 Å². The normalized spacial score (nSPS) is 18.9. The minimum absolute atomic E-state index is 0.147. The van der Waals surface area contributed by atoms with Crippen molar-refractivity contribution >= 4 is 21.8 Å². The largest absolute Gasteiger partial charge is 0.381 e. The molecule has 0 aliphatic carbocycles. The summed E-state index contributed by atoms with van der Waals surface area (Å²) in [4.78, 5) is 13.7. The Morgan fingerprint density at radius 2 is 2.00 bits per heavy atom. The summed E-state index contributed by atoms with van der Waals surface area (Å²) in [5, 5.41) is 0. The molecule has 15 heavy (non-hydrogen) atoms. The summed E-state index contributed by atoms with van der Waals surface area (Å²) in [6.45, 7) is 6.29. The number of amides is 1. The van der Waals surface area contributed by atoms with E-state index in [2.05, 4.69) is 15.9 Å². The third kappa shape index (κ3) is 4.11. The molecule has 1 rings (SSSR count). The van der Waals surface area contributed by atoms with Crippen molar-refractivity contribution in [1.29, 1.82) is 0 Å². The molecule has 1 amide bonds. The summed E-state index contributed by atoms with van der Waals surface area (Å²) in [5.41, 5.74) is 0. The van der Waals surface area contributed by atoms with E-state index in [9.17, 15) is 4.79 Å². The van der Waals surface area contributed by atoms with E-state index >= 15 is 0 Å². The molecular formula is C11H20BrNO2. The topological polar surface area (TPSA) is 29.5 Å². The second-order valence-corrected chi connectivity index (χ2v) is 6.70. The highest BCUT2D eigenvalue weighted by atomic mass is 79.9. The van der Waals surface area contributed by atoms with Gasteiger partial charge >= 0.3 is 0 Å². The molecule has 0 atom stereocenters. The molecule has 88 valence electrons. The molecule has 1 fully saturated rings. The lowest BCUT2D eigenvalue weighted by Crippen LogP contribution is -2.42. The van der Waals surface area contributed by atoms with Crippen molar-refractivity contribution in [2.45, 2.75) is 31.0 Å². The monoisotopic (exact) mass is 277 g/mol. The molecule has 4 heteroatoms. The van der Waals surface area contributed by atoms with E-state index in [1.54, 1.807) is 0 Å². The van der Waals surface area contributed by atoms with Crippen LogP contribution >= 0.6 is 15.9 Å². The highest BCUT2D eigenvalue weighted by Crippen LogP contribution is 2.21.